The largest absolute Gasteiger partial charge is 0.462 e. The Bertz CT molecular complexity index is 151. The van der Waals surface area contributed by atoms with Gasteiger partial charge in [-0.3, -0.25) is 0 Å². The minimum atomic E-state index is 0.0212. The second kappa shape index (κ2) is 3.25. The Labute approximate surface area is 59.6 Å². The first-order valence-electron chi connectivity index (χ1n) is 3.21. The van der Waals surface area contributed by atoms with Crippen LogP contribution in [0.2, 0.25) is 0 Å². The van der Waals surface area contributed by atoms with Gasteiger partial charge in [-0.2, -0.15) is 0 Å². The van der Waals surface area contributed by atoms with Crippen LogP contribution in [0.25, 0.3) is 0 Å². The van der Waals surface area contributed by atoms with Gasteiger partial charge in [0, 0.05) is 12.3 Å². The zero-order chi connectivity index (χ0) is 7.40. The Morgan fingerprint density at radius 2 is 2.70 bits per heavy atom. The fourth-order valence-electron chi connectivity index (χ4n) is 0.743. The molecule has 0 bridgehead atoms. The lowest BCUT2D eigenvalue weighted by Gasteiger charge is -2.01. The fourth-order valence-corrected chi connectivity index (χ4v) is 0.743. The smallest absolute Gasteiger partial charge is 0.229 e. The fraction of sp³-hybridized carbons (Fsp3) is 0.571. The zero-order valence-electron chi connectivity index (χ0n) is 5.87. The summed E-state index contributed by atoms with van der Waals surface area (Å²) in [6.45, 7) is 2.14. The maximum atomic E-state index is 10.2. The molecule has 3 heteroatoms. The third-order valence-electron chi connectivity index (χ3n) is 1.28. The van der Waals surface area contributed by atoms with Gasteiger partial charge in [0.1, 0.15) is 18.3 Å². The summed E-state index contributed by atoms with van der Waals surface area (Å²) < 4.78 is 9.81. The highest BCUT2D eigenvalue weighted by atomic mass is 16.7. The summed E-state index contributed by atoms with van der Waals surface area (Å²) in [4.78, 5) is 10.2. The molecule has 1 atom stereocenters. The maximum Gasteiger partial charge on any atom is 0.229 e. The molecule has 0 aliphatic carbocycles. The summed E-state index contributed by atoms with van der Waals surface area (Å²) in [5.41, 5.74) is 0. The SMILES string of the molecule is CC(C=O)CC1=COCO1. The van der Waals surface area contributed by atoms with E-state index in [0.29, 0.717) is 13.2 Å². The number of allylic oxidation sites excluding steroid dienone is 1. The van der Waals surface area contributed by atoms with Crippen molar-refractivity contribution in [2.24, 2.45) is 5.92 Å². The van der Waals surface area contributed by atoms with E-state index in [1.807, 2.05) is 6.92 Å². The molecule has 0 amide bonds. The molecule has 0 spiro atoms. The highest BCUT2D eigenvalue weighted by Gasteiger charge is 2.09. The van der Waals surface area contributed by atoms with Crippen molar-refractivity contribution in [3.05, 3.63) is 12.0 Å². The molecule has 1 aliphatic rings. The van der Waals surface area contributed by atoms with Gasteiger partial charge in [0.15, 0.2) is 0 Å². The van der Waals surface area contributed by atoms with Crippen LogP contribution in [-0.4, -0.2) is 13.1 Å². The molecular weight excluding hydrogens is 132 g/mol. The number of ether oxygens (including phenoxy) is 2. The summed E-state index contributed by atoms with van der Waals surface area (Å²) in [5.74, 6) is 0.785. The highest BCUT2D eigenvalue weighted by Crippen LogP contribution is 2.14. The van der Waals surface area contributed by atoms with Crippen molar-refractivity contribution in [3.63, 3.8) is 0 Å². The number of carbonyl (C=O) groups is 1. The molecule has 0 saturated carbocycles. The van der Waals surface area contributed by atoms with Crippen molar-refractivity contribution < 1.29 is 14.3 Å². The minimum Gasteiger partial charge on any atom is -0.462 e. The minimum absolute atomic E-state index is 0.0212. The van der Waals surface area contributed by atoms with Gasteiger partial charge in [0.25, 0.3) is 0 Å². The van der Waals surface area contributed by atoms with Crippen molar-refractivity contribution in [1.82, 2.24) is 0 Å². The van der Waals surface area contributed by atoms with Crippen LogP contribution in [0.5, 0.6) is 0 Å². The molecular formula is C7H10O3. The van der Waals surface area contributed by atoms with E-state index in [9.17, 15) is 4.79 Å². The molecule has 0 aromatic rings. The van der Waals surface area contributed by atoms with Crippen molar-refractivity contribution in [1.29, 1.82) is 0 Å². The normalized spacial score (nSPS) is 18.7. The van der Waals surface area contributed by atoms with E-state index in [0.717, 1.165) is 12.0 Å². The van der Waals surface area contributed by atoms with Gasteiger partial charge in [0.2, 0.25) is 6.79 Å². The predicted octanol–water partition coefficient (Wildman–Crippen LogP) is 1.06. The van der Waals surface area contributed by atoms with E-state index >= 15 is 0 Å². The third kappa shape index (κ3) is 1.76. The van der Waals surface area contributed by atoms with Gasteiger partial charge in [-0.05, 0) is 0 Å². The molecule has 0 fully saturated rings. The Morgan fingerprint density at radius 1 is 1.90 bits per heavy atom. The Kier molecular flexibility index (Phi) is 2.31. The molecule has 3 nitrogen and oxygen atoms in total. The Balaban J connectivity index is 2.30. The number of rotatable bonds is 3. The average Bonchev–Trinajstić information content (AvgIpc) is 2.40. The number of hydrogen-bond donors (Lipinski definition) is 0. The molecule has 1 aliphatic heterocycles. The second-order valence-corrected chi connectivity index (χ2v) is 2.33. The lowest BCUT2D eigenvalue weighted by atomic mass is 10.1. The van der Waals surface area contributed by atoms with E-state index in [4.69, 9.17) is 9.47 Å². The number of aldehydes is 1. The zero-order valence-corrected chi connectivity index (χ0v) is 5.87. The van der Waals surface area contributed by atoms with Crippen molar-refractivity contribution >= 4 is 6.29 Å². The summed E-state index contributed by atoms with van der Waals surface area (Å²) in [6.07, 6.45) is 3.10. The molecule has 1 rings (SSSR count). The van der Waals surface area contributed by atoms with Crippen molar-refractivity contribution in [2.45, 2.75) is 13.3 Å². The van der Waals surface area contributed by atoms with E-state index in [2.05, 4.69) is 0 Å². The van der Waals surface area contributed by atoms with Gasteiger partial charge in [-0.25, -0.2) is 0 Å². The van der Waals surface area contributed by atoms with Crippen molar-refractivity contribution in [3.8, 4) is 0 Å². The van der Waals surface area contributed by atoms with Gasteiger partial charge in [-0.1, -0.05) is 6.92 Å². The molecule has 10 heavy (non-hydrogen) atoms. The Morgan fingerprint density at radius 3 is 3.20 bits per heavy atom. The third-order valence-corrected chi connectivity index (χ3v) is 1.28. The monoisotopic (exact) mass is 142 g/mol. The molecule has 0 aromatic heterocycles. The quantitative estimate of drug-likeness (QED) is 0.552. The number of carbonyl (C=O) groups excluding carboxylic acids is 1. The van der Waals surface area contributed by atoms with Crippen LogP contribution >= 0.6 is 0 Å². The van der Waals surface area contributed by atoms with Crippen LogP contribution in [0.15, 0.2) is 12.0 Å². The first-order valence-corrected chi connectivity index (χ1v) is 3.21. The molecule has 0 saturated heterocycles. The van der Waals surface area contributed by atoms with E-state index in [1.54, 1.807) is 6.26 Å². The van der Waals surface area contributed by atoms with Crippen molar-refractivity contribution in [2.75, 3.05) is 6.79 Å². The summed E-state index contributed by atoms with van der Waals surface area (Å²) in [7, 11) is 0. The average molecular weight is 142 g/mol. The summed E-state index contributed by atoms with van der Waals surface area (Å²) in [5, 5.41) is 0. The first kappa shape index (κ1) is 7.12. The lowest BCUT2D eigenvalue weighted by molar-refractivity contribution is -0.110. The Hall–Kier alpha value is -0.990. The maximum absolute atomic E-state index is 10.2. The van der Waals surface area contributed by atoms with Crippen LogP contribution < -0.4 is 0 Å². The van der Waals surface area contributed by atoms with Gasteiger partial charge in [0.05, 0.1) is 0 Å². The second-order valence-electron chi connectivity index (χ2n) is 2.33. The predicted molar refractivity (Wildman–Crippen MR) is 35.0 cm³/mol. The van der Waals surface area contributed by atoms with Gasteiger partial charge < -0.3 is 14.3 Å². The highest BCUT2D eigenvalue weighted by molar-refractivity contribution is 5.53. The topological polar surface area (TPSA) is 35.5 Å². The standard InChI is InChI=1S/C7H10O3/c1-6(3-8)2-7-4-9-5-10-7/h3-4,6H,2,5H2,1H3. The first-order chi connectivity index (χ1) is 4.83. The summed E-state index contributed by atoms with van der Waals surface area (Å²) >= 11 is 0. The molecule has 0 radical (unpaired) electrons. The van der Waals surface area contributed by atoms with Gasteiger partial charge >= 0.3 is 0 Å². The lowest BCUT2D eigenvalue weighted by Crippen LogP contribution is -1.98. The molecule has 1 heterocycles. The van der Waals surface area contributed by atoms with E-state index < -0.39 is 0 Å². The van der Waals surface area contributed by atoms with Crippen LogP contribution in [-0.2, 0) is 14.3 Å². The van der Waals surface area contributed by atoms with Crippen LogP contribution in [0, 0.1) is 5.92 Å². The van der Waals surface area contributed by atoms with Crippen LogP contribution in [0.3, 0.4) is 0 Å². The van der Waals surface area contributed by atoms with E-state index in [1.165, 1.54) is 0 Å². The van der Waals surface area contributed by atoms with Crippen LogP contribution in [0.4, 0.5) is 0 Å². The molecule has 0 N–H and O–H groups in total. The molecule has 56 valence electrons. The molecule has 0 aromatic carbocycles. The van der Waals surface area contributed by atoms with Gasteiger partial charge in [-0.15, -0.1) is 0 Å². The number of hydrogen-bond acceptors (Lipinski definition) is 3. The molecule has 1 unspecified atom stereocenters. The summed E-state index contributed by atoms with van der Waals surface area (Å²) in [6, 6.07) is 0. The van der Waals surface area contributed by atoms with E-state index in [-0.39, 0.29) is 5.92 Å². The van der Waals surface area contributed by atoms with Crippen LogP contribution in [0.1, 0.15) is 13.3 Å².